The summed E-state index contributed by atoms with van der Waals surface area (Å²) in [6.45, 7) is 3.65. The Labute approximate surface area is 115 Å². The topological polar surface area (TPSA) is 55.1 Å². The number of nitrogens with two attached hydrogens (primary N) is 1. The van der Waals surface area contributed by atoms with Crippen molar-refractivity contribution in [1.82, 2.24) is 0 Å². The SMILES string of the molecule is Cc1cccc(C(=O)Nc2c(N)ccc(F)c2F)c1C. The van der Waals surface area contributed by atoms with E-state index >= 15 is 0 Å². The minimum atomic E-state index is -1.16. The lowest BCUT2D eigenvalue weighted by molar-refractivity contribution is 0.102. The zero-order chi connectivity index (χ0) is 14.9. The van der Waals surface area contributed by atoms with Crippen LogP contribution in [-0.4, -0.2) is 5.91 Å². The number of amides is 1. The highest BCUT2D eigenvalue weighted by atomic mass is 19.2. The standard InChI is InChI=1S/C15H14F2N2O/c1-8-4-3-5-10(9(8)2)15(20)19-14-12(18)7-6-11(16)13(14)17/h3-7H,18H2,1-2H3,(H,19,20). The predicted molar refractivity (Wildman–Crippen MR) is 74.6 cm³/mol. The molecule has 2 aromatic rings. The number of nitrogens with one attached hydrogen (secondary N) is 1. The molecule has 1 amide bonds. The van der Waals surface area contributed by atoms with E-state index in [1.807, 2.05) is 13.0 Å². The van der Waals surface area contributed by atoms with Gasteiger partial charge < -0.3 is 11.1 Å². The highest BCUT2D eigenvalue weighted by molar-refractivity contribution is 6.06. The molecule has 0 aliphatic carbocycles. The molecule has 20 heavy (non-hydrogen) atoms. The van der Waals surface area contributed by atoms with E-state index in [2.05, 4.69) is 5.32 Å². The molecule has 0 atom stereocenters. The highest BCUT2D eigenvalue weighted by Crippen LogP contribution is 2.25. The van der Waals surface area contributed by atoms with Gasteiger partial charge >= 0.3 is 0 Å². The summed E-state index contributed by atoms with van der Waals surface area (Å²) < 4.78 is 26.8. The van der Waals surface area contributed by atoms with Crippen LogP contribution in [0.5, 0.6) is 0 Å². The van der Waals surface area contributed by atoms with Gasteiger partial charge in [0.1, 0.15) is 5.69 Å². The van der Waals surface area contributed by atoms with Gasteiger partial charge in [0, 0.05) is 5.56 Å². The summed E-state index contributed by atoms with van der Waals surface area (Å²) in [6.07, 6.45) is 0. The minimum absolute atomic E-state index is 0.0254. The Hall–Kier alpha value is -2.43. The Morgan fingerprint density at radius 3 is 2.55 bits per heavy atom. The zero-order valence-corrected chi connectivity index (χ0v) is 11.1. The molecule has 3 N–H and O–H groups in total. The lowest BCUT2D eigenvalue weighted by Gasteiger charge is -2.12. The van der Waals surface area contributed by atoms with Crippen LogP contribution in [0.4, 0.5) is 20.2 Å². The summed E-state index contributed by atoms with van der Waals surface area (Å²) in [5, 5.41) is 2.32. The second kappa shape index (κ2) is 5.28. The van der Waals surface area contributed by atoms with E-state index in [0.717, 1.165) is 17.2 Å². The zero-order valence-electron chi connectivity index (χ0n) is 11.1. The third-order valence-corrected chi connectivity index (χ3v) is 3.21. The molecule has 0 saturated heterocycles. The molecule has 2 rings (SSSR count). The van der Waals surface area contributed by atoms with Crippen LogP contribution in [0.2, 0.25) is 0 Å². The van der Waals surface area contributed by atoms with Crippen molar-refractivity contribution >= 4 is 17.3 Å². The quantitative estimate of drug-likeness (QED) is 0.826. The van der Waals surface area contributed by atoms with Crippen molar-refractivity contribution in [2.45, 2.75) is 13.8 Å². The van der Waals surface area contributed by atoms with Crippen LogP contribution >= 0.6 is 0 Å². The van der Waals surface area contributed by atoms with Gasteiger partial charge in [-0.1, -0.05) is 12.1 Å². The van der Waals surface area contributed by atoms with Crippen molar-refractivity contribution in [3.8, 4) is 0 Å². The molecule has 104 valence electrons. The number of rotatable bonds is 2. The number of carbonyl (C=O) groups excluding carboxylic acids is 1. The first-order valence-corrected chi connectivity index (χ1v) is 6.03. The Morgan fingerprint density at radius 1 is 1.15 bits per heavy atom. The van der Waals surface area contributed by atoms with Gasteiger partial charge in [-0.25, -0.2) is 8.78 Å². The van der Waals surface area contributed by atoms with Gasteiger partial charge in [-0.2, -0.15) is 0 Å². The van der Waals surface area contributed by atoms with Gasteiger partial charge in [-0.15, -0.1) is 0 Å². The maximum Gasteiger partial charge on any atom is 0.256 e. The molecule has 0 spiro atoms. The fourth-order valence-electron chi connectivity index (χ4n) is 1.87. The van der Waals surface area contributed by atoms with Crippen LogP contribution in [0, 0.1) is 25.5 Å². The summed E-state index contributed by atoms with van der Waals surface area (Å²) in [5.41, 5.74) is 7.31. The minimum Gasteiger partial charge on any atom is -0.397 e. The van der Waals surface area contributed by atoms with Crippen LogP contribution in [0.3, 0.4) is 0 Å². The van der Waals surface area contributed by atoms with Crippen molar-refractivity contribution in [2.24, 2.45) is 0 Å². The van der Waals surface area contributed by atoms with E-state index < -0.39 is 17.5 Å². The van der Waals surface area contributed by atoms with Gasteiger partial charge in [-0.05, 0) is 43.2 Å². The highest BCUT2D eigenvalue weighted by Gasteiger charge is 2.17. The average molecular weight is 276 g/mol. The van der Waals surface area contributed by atoms with Crippen LogP contribution in [0.15, 0.2) is 30.3 Å². The molecule has 0 radical (unpaired) electrons. The lowest BCUT2D eigenvalue weighted by atomic mass is 10.0. The largest absolute Gasteiger partial charge is 0.397 e. The number of carbonyl (C=O) groups is 1. The van der Waals surface area contributed by atoms with Crippen LogP contribution in [-0.2, 0) is 0 Å². The van der Waals surface area contributed by atoms with Crippen LogP contribution < -0.4 is 11.1 Å². The molecule has 0 aliphatic heterocycles. The molecule has 0 aliphatic rings. The van der Waals surface area contributed by atoms with Crippen LogP contribution in [0.1, 0.15) is 21.5 Å². The van der Waals surface area contributed by atoms with Gasteiger partial charge in [0.2, 0.25) is 0 Å². The molecular weight excluding hydrogens is 262 g/mol. The second-order valence-electron chi connectivity index (χ2n) is 4.53. The van der Waals surface area contributed by atoms with E-state index in [0.29, 0.717) is 5.56 Å². The second-order valence-corrected chi connectivity index (χ2v) is 4.53. The number of halogens is 2. The first-order chi connectivity index (χ1) is 9.41. The van der Waals surface area contributed by atoms with Gasteiger partial charge in [0.25, 0.3) is 5.91 Å². The van der Waals surface area contributed by atoms with E-state index in [4.69, 9.17) is 5.73 Å². The summed E-state index contributed by atoms with van der Waals surface area (Å²) in [5.74, 6) is -2.75. The molecule has 0 saturated carbocycles. The van der Waals surface area contributed by atoms with E-state index in [9.17, 15) is 13.6 Å². The van der Waals surface area contributed by atoms with Crippen LogP contribution in [0.25, 0.3) is 0 Å². The Kier molecular flexibility index (Phi) is 3.70. The molecule has 2 aromatic carbocycles. The van der Waals surface area contributed by atoms with E-state index in [-0.39, 0.29) is 11.4 Å². The smallest absolute Gasteiger partial charge is 0.256 e. The normalized spacial score (nSPS) is 10.4. The molecule has 5 heteroatoms. The third-order valence-electron chi connectivity index (χ3n) is 3.21. The van der Waals surface area contributed by atoms with Crippen molar-refractivity contribution in [3.63, 3.8) is 0 Å². The fraction of sp³-hybridized carbons (Fsp3) is 0.133. The van der Waals surface area contributed by atoms with E-state index in [1.165, 1.54) is 6.07 Å². The monoisotopic (exact) mass is 276 g/mol. The van der Waals surface area contributed by atoms with Crippen molar-refractivity contribution < 1.29 is 13.6 Å². The summed E-state index contributed by atoms with van der Waals surface area (Å²) in [7, 11) is 0. The number of aryl methyl sites for hydroxylation is 1. The van der Waals surface area contributed by atoms with Gasteiger partial charge in [0.15, 0.2) is 11.6 Å². The van der Waals surface area contributed by atoms with Crippen molar-refractivity contribution in [1.29, 1.82) is 0 Å². The molecule has 0 fully saturated rings. The fourth-order valence-corrected chi connectivity index (χ4v) is 1.87. The molecule has 0 unspecified atom stereocenters. The average Bonchev–Trinajstić information content (AvgIpc) is 2.42. The van der Waals surface area contributed by atoms with Gasteiger partial charge in [-0.3, -0.25) is 4.79 Å². The lowest BCUT2D eigenvalue weighted by Crippen LogP contribution is -2.16. The third kappa shape index (κ3) is 2.47. The maximum atomic E-state index is 13.6. The van der Waals surface area contributed by atoms with Crippen molar-refractivity contribution in [3.05, 3.63) is 58.7 Å². The summed E-state index contributed by atoms with van der Waals surface area (Å²) in [6, 6.07) is 7.33. The number of hydrogen-bond donors (Lipinski definition) is 2. The summed E-state index contributed by atoms with van der Waals surface area (Å²) >= 11 is 0. The summed E-state index contributed by atoms with van der Waals surface area (Å²) in [4.78, 5) is 12.1. The molecular formula is C15H14F2N2O. The first kappa shape index (κ1) is 14.0. The number of anilines is 2. The molecule has 3 nitrogen and oxygen atoms in total. The molecule has 0 aromatic heterocycles. The number of hydrogen-bond acceptors (Lipinski definition) is 2. The molecule has 0 heterocycles. The Bertz CT molecular complexity index is 684. The Morgan fingerprint density at radius 2 is 1.85 bits per heavy atom. The number of nitrogen functional groups attached to an aromatic ring is 1. The molecule has 0 bridgehead atoms. The van der Waals surface area contributed by atoms with Crippen molar-refractivity contribution in [2.75, 3.05) is 11.1 Å². The Balaban J connectivity index is 2.38. The van der Waals surface area contributed by atoms with E-state index in [1.54, 1.807) is 19.1 Å². The number of benzene rings is 2. The predicted octanol–water partition coefficient (Wildman–Crippen LogP) is 3.42. The first-order valence-electron chi connectivity index (χ1n) is 6.03. The maximum absolute atomic E-state index is 13.6. The van der Waals surface area contributed by atoms with Gasteiger partial charge in [0.05, 0.1) is 5.69 Å².